The third-order valence-corrected chi connectivity index (χ3v) is 3.63. The predicted molar refractivity (Wildman–Crippen MR) is 69.1 cm³/mol. The highest BCUT2D eigenvalue weighted by molar-refractivity contribution is 7.11. The number of rotatable bonds is 4. The summed E-state index contributed by atoms with van der Waals surface area (Å²) in [6.07, 6.45) is 5.22. The number of hydrogen-bond acceptors (Lipinski definition) is 5. The van der Waals surface area contributed by atoms with E-state index in [0.29, 0.717) is 0 Å². The zero-order valence-corrected chi connectivity index (χ0v) is 11.1. The van der Waals surface area contributed by atoms with Gasteiger partial charge in [0.2, 0.25) is 0 Å². The Kier molecular flexibility index (Phi) is 3.81. The van der Waals surface area contributed by atoms with Crippen molar-refractivity contribution in [2.24, 2.45) is 0 Å². The molecule has 0 fully saturated rings. The Balaban J connectivity index is 2.39. The van der Waals surface area contributed by atoms with Crippen LogP contribution in [0.25, 0.3) is 0 Å². The van der Waals surface area contributed by atoms with E-state index in [-0.39, 0.29) is 6.04 Å². The molecular formula is C12H16N4S. The summed E-state index contributed by atoms with van der Waals surface area (Å²) >= 11 is 1.72. The monoisotopic (exact) mass is 248 g/mol. The number of hydrogen-bond donors (Lipinski definition) is 1. The largest absolute Gasteiger partial charge is 0.304 e. The maximum atomic E-state index is 4.47. The van der Waals surface area contributed by atoms with Crippen LogP contribution in [-0.2, 0) is 0 Å². The molecule has 2 rings (SSSR count). The zero-order valence-electron chi connectivity index (χ0n) is 10.3. The Morgan fingerprint density at radius 3 is 2.71 bits per heavy atom. The number of aryl methyl sites for hydroxylation is 2. The van der Waals surface area contributed by atoms with E-state index in [4.69, 9.17) is 0 Å². The molecule has 4 nitrogen and oxygen atoms in total. The molecule has 0 amide bonds. The summed E-state index contributed by atoms with van der Waals surface area (Å²) in [5.41, 5.74) is 2.02. The quantitative estimate of drug-likeness (QED) is 0.901. The molecule has 2 aromatic heterocycles. The number of aromatic nitrogens is 3. The molecule has 1 N–H and O–H groups in total. The SMILES string of the molecule is CCNC(c1cnccn1)c1sc(C)nc1C. The zero-order chi connectivity index (χ0) is 12.3. The lowest BCUT2D eigenvalue weighted by atomic mass is 10.1. The van der Waals surface area contributed by atoms with Gasteiger partial charge in [0.25, 0.3) is 0 Å². The molecule has 0 aromatic carbocycles. The van der Waals surface area contributed by atoms with Gasteiger partial charge in [0.15, 0.2) is 0 Å². The van der Waals surface area contributed by atoms with Gasteiger partial charge in [-0.3, -0.25) is 9.97 Å². The molecule has 2 heterocycles. The average molecular weight is 248 g/mol. The highest BCUT2D eigenvalue weighted by atomic mass is 32.1. The minimum absolute atomic E-state index is 0.0971. The van der Waals surface area contributed by atoms with Crippen LogP contribution < -0.4 is 5.32 Å². The van der Waals surface area contributed by atoms with Crippen molar-refractivity contribution >= 4 is 11.3 Å². The summed E-state index contributed by atoms with van der Waals surface area (Å²) in [5, 5.41) is 4.52. The van der Waals surface area contributed by atoms with Crippen LogP contribution in [0.4, 0.5) is 0 Å². The first-order valence-electron chi connectivity index (χ1n) is 5.65. The normalized spacial score (nSPS) is 12.6. The summed E-state index contributed by atoms with van der Waals surface area (Å²) in [6, 6.07) is 0.0971. The first-order chi connectivity index (χ1) is 8.22. The fourth-order valence-electron chi connectivity index (χ4n) is 1.81. The van der Waals surface area contributed by atoms with Gasteiger partial charge in [-0.05, 0) is 20.4 Å². The molecule has 0 saturated carbocycles. The summed E-state index contributed by atoms with van der Waals surface area (Å²) in [6.45, 7) is 7.05. The van der Waals surface area contributed by atoms with E-state index in [1.54, 1.807) is 23.7 Å². The van der Waals surface area contributed by atoms with Crippen LogP contribution >= 0.6 is 11.3 Å². The van der Waals surface area contributed by atoms with Gasteiger partial charge in [-0.15, -0.1) is 11.3 Å². The lowest BCUT2D eigenvalue weighted by molar-refractivity contribution is 0.617. The first-order valence-corrected chi connectivity index (χ1v) is 6.47. The molecule has 2 aromatic rings. The van der Waals surface area contributed by atoms with Gasteiger partial charge in [0, 0.05) is 12.4 Å². The number of thiazole rings is 1. The molecule has 17 heavy (non-hydrogen) atoms. The topological polar surface area (TPSA) is 50.7 Å². The Bertz CT molecular complexity index is 481. The second-order valence-corrected chi connectivity index (χ2v) is 5.04. The third-order valence-electron chi connectivity index (χ3n) is 2.49. The Hall–Kier alpha value is -1.33. The van der Waals surface area contributed by atoms with Gasteiger partial charge in [-0.2, -0.15) is 0 Å². The molecule has 5 heteroatoms. The van der Waals surface area contributed by atoms with Crippen LogP contribution in [0.3, 0.4) is 0 Å². The smallest absolute Gasteiger partial charge is 0.0900 e. The van der Waals surface area contributed by atoms with Crippen LogP contribution in [0, 0.1) is 13.8 Å². The van der Waals surface area contributed by atoms with Crippen molar-refractivity contribution in [2.75, 3.05) is 6.54 Å². The fraction of sp³-hybridized carbons (Fsp3) is 0.417. The summed E-state index contributed by atoms with van der Waals surface area (Å²) in [5.74, 6) is 0. The molecule has 90 valence electrons. The van der Waals surface area contributed by atoms with E-state index >= 15 is 0 Å². The lowest BCUT2D eigenvalue weighted by Crippen LogP contribution is -2.22. The predicted octanol–water partition coefficient (Wildman–Crippen LogP) is 2.25. The van der Waals surface area contributed by atoms with Crippen LogP contribution in [0.2, 0.25) is 0 Å². The number of nitrogens with one attached hydrogen (secondary N) is 1. The summed E-state index contributed by atoms with van der Waals surface area (Å²) < 4.78 is 0. The lowest BCUT2D eigenvalue weighted by Gasteiger charge is -2.15. The molecule has 0 aliphatic heterocycles. The molecule has 0 bridgehead atoms. The van der Waals surface area contributed by atoms with Crippen LogP contribution in [0.1, 0.15) is 34.2 Å². The molecule has 0 aliphatic rings. The third kappa shape index (κ3) is 2.68. The highest BCUT2D eigenvalue weighted by Crippen LogP contribution is 2.28. The molecule has 0 aliphatic carbocycles. The maximum Gasteiger partial charge on any atom is 0.0900 e. The summed E-state index contributed by atoms with van der Waals surface area (Å²) in [7, 11) is 0. The van der Waals surface area contributed by atoms with Gasteiger partial charge in [0.1, 0.15) is 0 Å². The molecule has 0 spiro atoms. The molecule has 1 atom stereocenters. The van der Waals surface area contributed by atoms with Gasteiger partial charge in [-0.1, -0.05) is 6.92 Å². The minimum atomic E-state index is 0.0971. The highest BCUT2D eigenvalue weighted by Gasteiger charge is 2.19. The standard InChI is InChI=1S/C12H16N4S/c1-4-14-11(10-7-13-5-6-15-10)12-8(2)16-9(3)17-12/h5-7,11,14H,4H2,1-3H3. The van der Waals surface area contributed by atoms with E-state index in [1.165, 1.54) is 4.88 Å². The van der Waals surface area contributed by atoms with Crippen LogP contribution in [0.5, 0.6) is 0 Å². The van der Waals surface area contributed by atoms with E-state index in [0.717, 1.165) is 22.9 Å². The molecular weight excluding hydrogens is 232 g/mol. The van der Waals surface area contributed by atoms with E-state index in [9.17, 15) is 0 Å². The van der Waals surface area contributed by atoms with E-state index < -0.39 is 0 Å². The Morgan fingerprint density at radius 2 is 2.18 bits per heavy atom. The average Bonchev–Trinajstić information content (AvgIpc) is 2.66. The van der Waals surface area contributed by atoms with E-state index in [2.05, 4.69) is 27.2 Å². The van der Waals surface area contributed by atoms with Crippen LogP contribution in [0.15, 0.2) is 18.6 Å². The van der Waals surface area contributed by atoms with E-state index in [1.807, 2.05) is 20.0 Å². The maximum absolute atomic E-state index is 4.47. The molecule has 0 radical (unpaired) electrons. The molecule has 0 saturated heterocycles. The second kappa shape index (κ2) is 5.33. The minimum Gasteiger partial charge on any atom is -0.304 e. The van der Waals surface area contributed by atoms with Crippen molar-refractivity contribution in [3.05, 3.63) is 39.9 Å². The van der Waals surface area contributed by atoms with Crippen molar-refractivity contribution in [3.8, 4) is 0 Å². The van der Waals surface area contributed by atoms with Crippen molar-refractivity contribution in [3.63, 3.8) is 0 Å². The van der Waals surface area contributed by atoms with Crippen molar-refractivity contribution in [1.29, 1.82) is 0 Å². The van der Waals surface area contributed by atoms with Gasteiger partial charge >= 0.3 is 0 Å². The second-order valence-electron chi connectivity index (χ2n) is 3.80. The van der Waals surface area contributed by atoms with Gasteiger partial charge < -0.3 is 5.32 Å². The van der Waals surface area contributed by atoms with Gasteiger partial charge in [-0.25, -0.2) is 4.98 Å². The molecule has 1 unspecified atom stereocenters. The van der Waals surface area contributed by atoms with Crippen molar-refractivity contribution in [2.45, 2.75) is 26.8 Å². The first kappa shape index (κ1) is 12.1. The van der Waals surface area contributed by atoms with Crippen molar-refractivity contribution < 1.29 is 0 Å². The summed E-state index contributed by atoms with van der Waals surface area (Å²) in [4.78, 5) is 14.2. The Morgan fingerprint density at radius 1 is 1.35 bits per heavy atom. The van der Waals surface area contributed by atoms with Crippen molar-refractivity contribution in [1.82, 2.24) is 20.3 Å². The fourth-order valence-corrected chi connectivity index (χ4v) is 2.83. The Labute approximate surface area is 105 Å². The van der Waals surface area contributed by atoms with Gasteiger partial charge in [0.05, 0.1) is 33.5 Å². The number of nitrogens with zero attached hydrogens (tertiary/aromatic N) is 3. The van der Waals surface area contributed by atoms with Crippen LogP contribution in [-0.4, -0.2) is 21.5 Å².